The van der Waals surface area contributed by atoms with Gasteiger partial charge in [-0.25, -0.2) is 0 Å². The molecule has 0 amide bonds. The Morgan fingerprint density at radius 2 is 2.33 bits per heavy atom. The monoisotopic (exact) mass is 326 g/mol. The topological polar surface area (TPSA) is 25.2 Å². The van der Waals surface area contributed by atoms with E-state index in [0.717, 1.165) is 16.6 Å². The van der Waals surface area contributed by atoms with E-state index in [1.807, 2.05) is 42.0 Å². The predicted molar refractivity (Wildman–Crippen MR) is 78.1 cm³/mol. The van der Waals surface area contributed by atoms with E-state index in [1.54, 1.807) is 11.3 Å². The quantitative estimate of drug-likeness (QED) is 0.788. The van der Waals surface area contributed by atoms with Gasteiger partial charge in [-0.1, -0.05) is 0 Å². The van der Waals surface area contributed by atoms with Gasteiger partial charge in [-0.3, -0.25) is 9.69 Å². The molecule has 0 N–H and O–H groups in total. The molecule has 0 fully saturated rings. The van der Waals surface area contributed by atoms with Crippen LogP contribution in [0.15, 0.2) is 34.4 Å². The number of hydrogen-bond acceptors (Lipinski definition) is 3. The highest BCUT2D eigenvalue weighted by atomic mass is 79.9. The van der Waals surface area contributed by atoms with Gasteiger partial charge in [0.25, 0.3) is 0 Å². The zero-order valence-corrected chi connectivity index (χ0v) is 12.8. The van der Waals surface area contributed by atoms with Crippen molar-refractivity contribution in [3.05, 3.63) is 44.8 Å². The van der Waals surface area contributed by atoms with Crippen molar-refractivity contribution < 1.29 is 4.79 Å². The summed E-state index contributed by atoms with van der Waals surface area (Å²) in [5.41, 5.74) is 0.775. The second-order valence-electron chi connectivity index (χ2n) is 4.39. The van der Waals surface area contributed by atoms with E-state index < -0.39 is 0 Å². The Labute approximate surface area is 119 Å². The van der Waals surface area contributed by atoms with Gasteiger partial charge in [-0.15, -0.1) is 11.3 Å². The van der Waals surface area contributed by atoms with Crippen molar-refractivity contribution in [1.29, 1.82) is 0 Å². The molecule has 0 aliphatic rings. The molecule has 0 spiro atoms. The summed E-state index contributed by atoms with van der Waals surface area (Å²) in [5.74, 6) is 0.161. The summed E-state index contributed by atoms with van der Waals surface area (Å²) >= 11 is 5.14. The summed E-state index contributed by atoms with van der Waals surface area (Å²) in [5, 5.41) is 2.06. The first-order chi connectivity index (χ1) is 8.54. The van der Waals surface area contributed by atoms with Crippen LogP contribution in [0.25, 0.3) is 0 Å². The molecule has 0 aliphatic carbocycles. The number of aromatic nitrogens is 1. The normalized spacial score (nSPS) is 11.1. The highest BCUT2D eigenvalue weighted by molar-refractivity contribution is 9.10. The van der Waals surface area contributed by atoms with Gasteiger partial charge >= 0.3 is 0 Å². The fraction of sp³-hybridized carbons (Fsp3) is 0.308. The maximum Gasteiger partial charge on any atom is 0.178 e. The summed E-state index contributed by atoms with van der Waals surface area (Å²) in [4.78, 5) is 15.3. The number of halogens is 1. The van der Waals surface area contributed by atoms with Crippen molar-refractivity contribution in [3.63, 3.8) is 0 Å². The van der Waals surface area contributed by atoms with Crippen LogP contribution in [0, 0.1) is 0 Å². The highest BCUT2D eigenvalue weighted by Gasteiger charge is 2.11. The van der Waals surface area contributed by atoms with E-state index in [4.69, 9.17) is 0 Å². The smallest absolute Gasteiger partial charge is 0.178 e. The molecule has 0 aliphatic heterocycles. The molecule has 5 heteroatoms. The van der Waals surface area contributed by atoms with Gasteiger partial charge in [0, 0.05) is 46.3 Å². The number of rotatable bonds is 5. The molecule has 0 aromatic carbocycles. The van der Waals surface area contributed by atoms with E-state index in [-0.39, 0.29) is 5.78 Å². The molecular weight excluding hydrogens is 312 g/mol. The van der Waals surface area contributed by atoms with Gasteiger partial charge in [0.1, 0.15) is 0 Å². The Bertz CT molecular complexity index is 547. The van der Waals surface area contributed by atoms with Crippen molar-refractivity contribution >= 4 is 33.0 Å². The van der Waals surface area contributed by atoms with Gasteiger partial charge in [-0.2, -0.15) is 0 Å². The molecule has 2 rings (SSSR count). The van der Waals surface area contributed by atoms with Crippen molar-refractivity contribution in [1.82, 2.24) is 9.47 Å². The molecule has 2 aromatic rings. The zero-order chi connectivity index (χ0) is 13.1. The molecule has 2 aromatic heterocycles. The number of aryl methyl sites for hydroxylation is 1. The number of carbonyl (C=O) groups excluding carboxylic acids is 1. The number of nitrogens with zero attached hydrogens (tertiary/aromatic N) is 2. The lowest BCUT2D eigenvalue weighted by molar-refractivity contribution is 0.0943. The van der Waals surface area contributed by atoms with Crippen LogP contribution >= 0.6 is 27.3 Å². The Kier molecular flexibility index (Phi) is 4.37. The maximum atomic E-state index is 12.0. The summed E-state index contributed by atoms with van der Waals surface area (Å²) in [6, 6.07) is 3.95. The molecule has 0 saturated heterocycles. The third-order valence-corrected chi connectivity index (χ3v) is 4.30. The summed E-state index contributed by atoms with van der Waals surface area (Å²) in [6.45, 7) is 1.24. The van der Waals surface area contributed by atoms with Crippen LogP contribution in [0.3, 0.4) is 0 Å². The van der Waals surface area contributed by atoms with Crippen LogP contribution in [0.5, 0.6) is 0 Å². The molecule has 0 atom stereocenters. The van der Waals surface area contributed by atoms with Crippen LogP contribution in [0.1, 0.15) is 15.2 Å². The molecular formula is C13H15BrN2OS. The molecule has 96 valence electrons. The Balaban J connectivity index is 1.91. The summed E-state index contributed by atoms with van der Waals surface area (Å²) < 4.78 is 2.99. The Hall–Kier alpha value is -0.910. The van der Waals surface area contributed by atoms with E-state index >= 15 is 0 Å². The van der Waals surface area contributed by atoms with Crippen LogP contribution in [-0.4, -0.2) is 28.8 Å². The summed E-state index contributed by atoms with van der Waals surface area (Å²) in [6.07, 6.45) is 3.75. The molecule has 2 heterocycles. The first-order valence-corrected chi connectivity index (χ1v) is 7.28. The minimum absolute atomic E-state index is 0.161. The van der Waals surface area contributed by atoms with Gasteiger partial charge in [0.15, 0.2) is 5.78 Å². The van der Waals surface area contributed by atoms with Crippen LogP contribution in [0.4, 0.5) is 0 Å². The lowest BCUT2D eigenvalue weighted by Crippen LogP contribution is -2.25. The van der Waals surface area contributed by atoms with Gasteiger partial charge in [0.05, 0.1) is 6.54 Å². The lowest BCUT2D eigenvalue weighted by atomic mass is 10.2. The predicted octanol–water partition coefficient (Wildman–Crippen LogP) is 3.16. The first-order valence-electron chi connectivity index (χ1n) is 5.61. The molecule has 0 bridgehead atoms. The molecule has 0 radical (unpaired) electrons. The fourth-order valence-electron chi connectivity index (χ4n) is 1.76. The third-order valence-electron chi connectivity index (χ3n) is 2.61. The largest absolute Gasteiger partial charge is 0.357 e. The van der Waals surface area contributed by atoms with E-state index in [0.29, 0.717) is 6.54 Å². The minimum atomic E-state index is 0.161. The first kappa shape index (κ1) is 13.5. The summed E-state index contributed by atoms with van der Waals surface area (Å²) in [7, 11) is 3.89. The average molecular weight is 327 g/mol. The number of ketones is 1. The maximum absolute atomic E-state index is 12.0. The molecule has 0 saturated carbocycles. The van der Waals surface area contributed by atoms with Gasteiger partial charge in [-0.05, 0) is 35.1 Å². The average Bonchev–Trinajstić information content (AvgIpc) is 2.87. The van der Waals surface area contributed by atoms with Gasteiger partial charge in [0.2, 0.25) is 0 Å². The van der Waals surface area contributed by atoms with Crippen LogP contribution < -0.4 is 0 Å². The fourth-order valence-corrected chi connectivity index (χ4v) is 3.29. The molecule has 3 nitrogen and oxygen atoms in total. The highest BCUT2D eigenvalue weighted by Crippen LogP contribution is 2.20. The van der Waals surface area contributed by atoms with Crippen molar-refractivity contribution in [3.8, 4) is 0 Å². The standard InChI is InChI=1S/C13H15BrN2OS/c1-15-4-3-10(6-15)13(17)8-16(2)7-12-5-11(14)9-18-12/h3-6,9H,7-8H2,1-2H3. The van der Waals surface area contributed by atoms with E-state index in [1.165, 1.54) is 4.88 Å². The van der Waals surface area contributed by atoms with Crippen LogP contribution in [0.2, 0.25) is 0 Å². The Morgan fingerprint density at radius 3 is 2.89 bits per heavy atom. The number of carbonyl (C=O) groups is 1. The SMILES string of the molecule is CN(CC(=O)c1ccn(C)c1)Cc1cc(Br)cs1. The number of thiophene rings is 1. The lowest BCUT2D eigenvalue weighted by Gasteiger charge is -2.13. The minimum Gasteiger partial charge on any atom is -0.357 e. The third kappa shape index (κ3) is 3.54. The van der Waals surface area contributed by atoms with Crippen molar-refractivity contribution in [2.45, 2.75) is 6.54 Å². The number of hydrogen-bond donors (Lipinski definition) is 0. The van der Waals surface area contributed by atoms with Crippen molar-refractivity contribution in [2.24, 2.45) is 7.05 Å². The molecule has 0 unspecified atom stereocenters. The van der Waals surface area contributed by atoms with E-state index in [2.05, 4.69) is 27.4 Å². The molecule has 18 heavy (non-hydrogen) atoms. The van der Waals surface area contributed by atoms with Gasteiger partial charge < -0.3 is 4.57 Å². The second-order valence-corrected chi connectivity index (χ2v) is 6.30. The second kappa shape index (κ2) is 5.82. The number of Topliss-reactive ketones (excluding diaryl/α,β-unsaturated/α-hetero) is 1. The van der Waals surface area contributed by atoms with E-state index in [9.17, 15) is 4.79 Å². The number of likely N-dealkylation sites (N-methyl/N-ethyl adjacent to an activating group) is 1. The van der Waals surface area contributed by atoms with Crippen LogP contribution in [-0.2, 0) is 13.6 Å². The Morgan fingerprint density at radius 1 is 1.56 bits per heavy atom. The van der Waals surface area contributed by atoms with Crippen molar-refractivity contribution in [2.75, 3.05) is 13.6 Å². The zero-order valence-electron chi connectivity index (χ0n) is 10.4.